The second-order valence-corrected chi connectivity index (χ2v) is 4.28. The highest BCUT2D eigenvalue weighted by Crippen LogP contribution is 2.16. The van der Waals surface area contributed by atoms with E-state index in [0.29, 0.717) is 5.82 Å². The molecule has 0 aromatic carbocycles. The molecule has 1 amide bonds. The summed E-state index contributed by atoms with van der Waals surface area (Å²) in [6.45, 7) is 4.85. The number of pyridine rings is 1. The number of amides is 1. The summed E-state index contributed by atoms with van der Waals surface area (Å²) in [4.78, 5) is 17.8. The van der Waals surface area contributed by atoms with Gasteiger partial charge in [0.25, 0.3) is 0 Å². The van der Waals surface area contributed by atoms with Crippen LogP contribution in [-0.2, 0) is 9.53 Å². The number of hydrogen-bond donors (Lipinski definition) is 2. The third-order valence-electron chi connectivity index (χ3n) is 2.79. The van der Waals surface area contributed by atoms with Gasteiger partial charge in [0.15, 0.2) is 0 Å². The molecule has 1 aromatic heterocycles. The number of nitrogens with two attached hydrogens (primary N) is 1. The van der Waals surface area contributed by atoms with Crippen LogP contribution in [0, 0.1) is 0 Å². The first-order valence-electron chi connectivity index (χ1n) is 6.02. The summed E-state index contributed by atoms with van der Waals surface area (Å²) in [7, 11) is 0. The Morgan fingerprint density at radius 3 is 2.78 bits per heavy atom. The number of carbonyl (C=O) groups excluding carboxylic acids is 1. The molecule has 1 atom stereocenters. The van der Waals surface area contributed by atoms with Crippen molar-refractivity contribution in [2.75, 3.05) is 36.5 Å². The quantitative estimate of drug-likeness (QED) is 0.801. The highest BCUT2D eigenvalue weighted by molar-refractivity contribution is 5.93. The van der Waals surface area contributed by atoms with Gasteiger partial charge in [0, 0.05) is 13.1 Å². The van der Waals surface area contributed by atoms with Crippen molar-refractivity contribution in [3.05, 3.63) is 18.3 Å². The van der Waals surface area contributed by atoms with E-state index in [9.17, 15) is 4.79 Å². The molecular formula is C12H18N4O2. The van der Waals surface area contributed by atoms with Gasteiger partial charge in [0.2, 0.25) is 5.91 Å². The Morgan fingerprint density at radius 1 is 1.50 bits per heavy atom. The molecule has 1 saturated heterocycles. The van der Waals surface area contributed by atoms with E-state index >= 15 is 0 Å². The molecule has 1 aromatic rings. The van der Waals surface area contributed by atoms with Crippen molar-refractivity contribution in [3.63, 3.8) is 0 Å². The van der Waals surface area contributed by atoms with Crippen molar-refractivity contribution in [1.82, 2.24) is 4.98 Å². The monoisotopic (exact) mass is 250 g/mol. The fraction of sp³-hybridized carbons (Fsp3) is 0.500. The van der Waals surface area contributed by atoms with Crippen molar-refractivity contribution in [2.24, 2.45) is 5.73 Å². The van der Waals surface area contributed by atoms with Gasteiger partial charge in [-0.1, -0.05) is 0 Å². The Labute approximate surface area is 106 Å². The van der Waals surface area contributed by atoms with Gasteiger partial charge in [-0.3, -0.25) is 4.79 Å². The number of nitrogens with one attached hydrogen (secondary N) is 1. The second kappa shape index (κ2) is 5.79. The van der Waals surface area contributed by atoms with E-state index in [4.69, 9.17) is 10.5 Å². The molecule has 2 heterocycles. The van der Waals surface area contributed by atoms with Crippen LogP contribution in [0.25, 0.3) is 0 Å². The molecule has 0 unspecified atom stereocenters. The number of nitrogens with zero attached hydrogens (tertiary/aromatic N) is 2. The molecule has 6 nitrogen and oxygen atoms in total. The lowest BCUT2D eigenvalue weighted by atomic mass is 10.3. The van der Waals surface area contributed by atoms with Gasteiger partial charge in [0.1, 0.15) is 5.82 Å². The van der Waals surface area contributed by atoms with E-state index in [-0.39, 0.29) is 5.91 Å². The second-order valence-electron chi connectivity index (χ2n) is 4.28. The predicted molar refractivity (Wildman–Crippen MR) is 69.5 cm³/mol. The number of rotatable bonds is 3. The first-order valence-corrected chi connectivity index (χ1v) is 6.02. The standard InChI is InChI=1S/C12H18N4O2/c1-9(13)12(17)15-11-3-2-10(8-14-11)16-4-6-18-7-5-16/h2-3,8-9H,4-7,13H2,1H3,(H,14,15,17)/t9-/m0/s1. The molecule has 6 heteroatoms. The molecule has 98 valence electrons. The van der Waals surface area contributed by atoms with Crippen molar-refractivity contribution in [1.29, 1.82) is 0 Å². The van der Waals surface area contributed by atoms with Crippen LogP contribution in [0.15, 0.2) is 18.3 Å². The van der Waals surface area contributed by atoms with Gasteiger partial charge in [-0.05, 0) is 19.1 Å². The lowest BCUT2D eigenvalue weighted by molar-refractivity contribution is -0.117. The van der Waals surface area contributed by atoms with Gasteiger partial charge in [-0.15, -0.1) is 0 Å². The number of aromatic nitrogens is 1. The van der Waals surface area contributed by atoms with Crippen LogP contribution in [0.5, 0.6) is 0 Å². The van der Waals surface area contributed by atoms with Crippen molar-refractivity contribution < 1.29 is 9.53 Å². The highest BCUT2D eigenvalue weighted by atomic mass is 16.5. The normalized spacial score (nSPS) is 17.3. The fourth-order valence-corrected chi connectivity index (χ4v) is 1.71. The third-order valence-corrected chi connectivity index (χ3v) is 2.79. The summed E-state index contributed by atoms with van der Waals surface area (Å²) in [5.74, 6) is 0.288. The van der Waals surface area contributed by atoms with Crippen LogP contribution >= 0.6 is 0 Å². The van der Waals surface area contributed by atoms with E-state index in [1.54, 1.807) is 19.2 Å². The fourth-order valence-electron chi connectivity index (χ4n) is 1.71. The smallest absolute Gasteiger partial charge is 0.242 e. The topological polar surface area (TPSA) is 80.5 Å². The number of anilines is 2. The maximum Gasteiger partial charge on any atom is 0.242 e. The number of hydrogen-bond acceptors (Lipinski definition) is 5. The first kappa shape index (κ1) is 12.8. The van der Waals surface area contributed by atoms with E-state index in [0.717, 1.165) is 32.0 Å². The Bertz CT molecular complexity index is 399. The highest BCUT2D eigenvalue weighted by Gasteiger charge is 2.12. The van der Waals surface area contributed by atoms with Gasteiger partial charge < -0.3 is 20.7 Å². The summed E-state index contributed by atoms with van der Waals surface area (Å²) in [5, 5.41) is 2.65. The molecule has 0 radical (unpaired) electrons. The Morgan fingerprint density at radius 2 is 2.22 bits per heavy atom. The largest absolute Gasteiger partial charge is 0.378 e. The van der Waals surface area contributed by atoms with Crippen LogP contribution in [0.3, 0.4) is 0 Å². The molecular weight excluding hydrogens is 232 g/mol. The van der Waals surface area contributed by atoms with E-state index in [1.807, 2.05) is 6.07 Å². The number of morpholine rings is 1. The molecule has 1 aliphatic heterocycles. The van der Waals surface area contributed by atoms with Crippen LogP contribution in [0.2, 0.25) is 0 Å². The SMILES string of the molecule is C[C@H](N)C(=O)Nc1ccc(N2CCOCC2)cn1. The zero-order valence-electron chi connectivity index (χ0n) is 10.4. The number of ether oxygens (including phenoxy) is 1. The maximum atomic E-state index is 11.4. The molecule has 0 spiro atoms. The Hall–Kier alpha value is -1.66. The minimum absolute atomic E-state index is 0.235. The molecule has 0 bridgehead atoms. The first-order chi connectivity index (χ1) is 8.66. The molecule has 0 aliphatic carbocycles. The van der Waals surface area contributed by atoms with Crippen LogP contribution < -0.4 is 16.0 Å². The summed E-state index contributed by atoms with van der Waals surface area (Å²) >= 11 is 0. The van der Waals surface area contributed by atoms with E-state index in [2.05, 4.69) is 15.2 Å². The molecule has 3 N–H and O–H groups in total. The lowest BCUT2D eigenvalue weighted by Gasteiger charge is -2.28. The van der Waals surface area contributed by atoms with Crippen molar-refractivity contribution in [3.8, 4) is 0 Å². The van der Waals surface area contributed by atoms with Gasteiger partial charge in [-0.2, -0.15) is 0 Å². The Balaban J connectivity index is 1.98. The van der Waals surface area contributed by atoms with E-state index in [1.165, 1.54) is 0 Å². The summed E-state index contributed by atoms with van der Waals surface area (Å²) in [5.41, 5.74) is 6.51. The van der Waals surface area contributed by atoms with Crippen LogP contribution in [0.4, 0.5) is 11.5 Å². The maximum absolute atomic E-state index is 11.4. The van der Waals surface area contributed by atoms with Crippen molar-refractivity contribution >= 4 is 17.4 Å². The van der Waals surface area contributed by atoms with Gasteiger partial charge in [-0.25, -0.2) is 4.98 Å². The Kier molecular flexibility index (Phi) is 4.11. The van der Waals surface area contributed by atoms with E-state index < -0.39 is 6.04 Å². The van der Waals surface area contributed by atoms with Gasteiger partial charge in [0.05, 0.1) is 31.1 Å². The van der Waals surface area contributed by atoms with Crippen LogP contribution in [-0.4, -0.2) is 43.2 Å². The molecule has 0 saturated carbocycles. The van der Waals surface area contributed by atoms with Crippen molar-refractivity contribution in [2.45, 2.75) is 13.0 Å². The minimum Gasteiger partial charge on any atom is -0.378 e. The zero-order valence-corrected chi connectivity index (χ0v) is 10.4. The molecule has 18 heavy (non-hydrogen) atoms. The molecule has 2 rings (SSSR count). The molecule has 1 aliphatic rings. The summed E-state index contributed by atoms with van der Waals surface area (Å²) in [6.07, 6.45) is 1.75. The minimum atomic E-state index is -0.536. The average molecular weight is 250 g/mol. The summed E-state index contributed by atoms with van der Waals surface area (Å²) in [6, 6.07) is 3.19. The third kappa shape index (κ3) is 3.18. The zero-order chi connectivity index (χ0) is 13.0. The van der Waals surface area contributed by atoms with Gasteiger partial charge >= 0.3 is 0 Å². The molecule has 1 fully saturated rings. The van der Waals surface area contributed by atoms with Crippen LogP contribution in [0.1, 0.15) is 6.92 Å². The average Bonchev–Trinajstić information content (AvgIpc) is 2.40. The lowest BCUT2D eigenvalue weighted by Crippen LogP contribution is -2.36. The number of carbonyl (C=O) groups is 1. The predicted octanol–water partition coefficient (Wildman–Crippen LogP) is 0.204. The summed E-state index contributed by atoms with van der Waals surface area (Å²) < 4.78 is 5.29.